The van der Waals surface area contributed by atoms with Crippen LogP contribution in [0.1, 0.15) is 27.7 Å². The molecule has 0 unspecified atom stereocenters. The fourth-order valence-electron chi connectivity index (χ4n) is 7.87. The van der Waals surface area contributed by atoms with Gasteiger partial charge in [0, 0.05) is 116 Å². The first kappa shape index (κ1) is 53.9. The number of fused-ring (bicyclic) bond motifs is 2. The number of hydrogen-bond acceptors (Lipinski definition) is 12. The minimum absolute atomic E-state index is 0.108. The molecule has 2 saturated heterocycles. The zero-order valence-corrected chi connectivity index (χ0v) is 46.3. The Bertz CT molecular complexity index is 2530. The molecule has 0 spiro atoms. The van der Waals surface area contributed by atoms with E-state index in [1.165, 1.54) is 13.1 Å². The van der Waals surface area contributed by atoms with Crippen molar-refractivity contribution in [2.45, 2.75) is 105 Å². The van der Waals surface area contributed by atoms with E-state index in [0.717, 1.165) is 126 Å². The van der Waals surface area contributed by atoms with Gasteiger partial charge in [-0.05, 0) is 115 Å². The number of rotatable bonds is 17. The van der Waals surface area contributed by atoms with Crippen molar-refractivity contribution in [3.05, 3.63) is 78.2 Å². The van der Waals surface area contributed by atoms with Crippen LogP contribution in [0.3, 0.4) is 0 Å². The number of benzene rings is 2. The first-order valence-electron chi connectivity index (χ1n) is 24.7. The predicted molar refractivity (Wildman–Crippen MR) is 291 cm³/mol. The molecule has 0 aliphatic carbocycles. The zero-order valence-electron chi connectivity index (χ0n) is 43.5. The summed E-state index contributed by atoms with van der Waals surface area (Å²) >= 11 is 6.15. The summed E-state index contributed by atoms with van der Waals surface area (Å²) in [6.07, 6.45) is 3.84. The van der Waals surface area contributed by atoms with E-state index < -0.39 is 16.1 Å². The number of pyridine rings is 2. The SMILES string of the molecule is CC(C)Oc1ccc2nn(COCC[Si](C)(C)C)c(-c3ccnc(Cl)c3)c2c1.CC(C)Oc1ccc2nn(COCC[Si](C)(C)C)c(-c3ccnc(N4CCN(C)CC4)c3)c2c1.CN1CCNCC1. The number of aromatic nitrogens is 6. The number of hydrogen-bond donors (Lipinski definition) is 1. The molecule has 17 heteroatoms. The molecular formula is C52H79ClN10O4Si2. The summed E-state index contributed by atoms with van der Waals surface area (Å²) in [5.41, 5.74) is 5.90. The summed E-state index contributed by atoms with van der Waals surface area (Å²) < 4.78 is 27.9. The lowest BCUT2D eigenvalue weighted by Crippen LogP contribution is -2.44. The predicted octanol–water partition coefficient (Wildman–Crippen LogP) is 10.3. The molecule has 2 aromatic carbocycles. The van der Waals surface area contributed by atoms with Crippen molar-refractivity contribution in [1.29, 1.82) is 0 Å². The molecule has 6 aromatic rings. The molecule has 2 fully saturated rings. The number of nitrogens with zero attached hydrogens (tertiary/aromatic N) is 9. The molecule has 0 saturated carbocycles. The van der Waals surface area contributed by atoms with Crippen LogP contribution in [0.15, 0.2) is 73.1 Å². The highest BCUT2D eigenvalue weighted by Crippen LogP contribution is 2.35. The number of nitrogens with one attached hydrogen (secondary N) is 1. The number of likely N-dealkylation sites (N-methyl/N-ethyl adjacent to an activating group) is 2. The molecule has 2 aliphatic rings. The molecule has 0 atom stereocenters. The van der Waals surface area contributed by atoms with Crippen molar-refractivity contribution in [2.75, 3.05) is 84.6 Å². The molecule has 8 rings (SSSR count). The monoisotopic (exact) mass is 999 g/mol. The highest BCUT2D eigenvalue weighted by Gasteiger charge is 2.21. The van der Waals surface area contributed by atoms with Gasteiger partial charge in [-0.2, -0.15) is 10.2 Å². The molecule has 4 aromatic heterocycles. The van der Waals surface area contributed by atoms with Gasteiger partial charge in [-0.1, -0.05) is 50.9 Å². The average molecular weight is 1000 g/mol. The van der Waals surface area contributed by atoms with Gasteiger partial charge in [-0.3, -0.25) is 0 Å². The molecule has 69 heavy (non-hydrogen) atoms. The number of halogens is 1. The fourth-order valence-corrected chi connectivity index (χ4v) is 9.56. The van der Waals surface area contributed by atoms with Crippen LogP contribution < -0.4 is 19.7 Å². The van der Waals surface area contributed by atoms with Crippen molar-refractivity contribution < 1.29 is 18.9 Å². The summed E-state index contributed by atoms with van der Waals surface area (Å²) in [6.45, 7) is 33.4. The summed E-state index contributed by atoms with van der Waals surface area (Å²) in [7, 11) is 2.04. The molecule has 14 nitrogen and oxygen atoms in total. The molecule has 6 heterocycles. The van der Waals surface area contributed by atoms with E-state index in [1.54, 1.807) is 6.20 Å². The van der Waals surface area contributed by atoms with Gasteiger partial charge in [0.25, 0.3) is 0 Å². The van der Waals surface area contributed by atoms with Gasteiger partial charge in [0.1, 0.15) is 35.9 Å². The van der Waals surface area contributed by atoms with E-state index >= 15 is 0 Å². The Morgan fingerprint density at radius 2 is 1.06 bits per heavy atom. The maximum Gasteiger partial charge on any atom is 0.140 e. The van der Waals surface area contributed by atoms with Gasteiger partial charge in [-0.15, -0.1) is 0 Å². The third-order valence-corrected chi connectivity index (χ3v) is 15.4. The van der Waals surface area contributed by atoms with Crippen molar-refractivity contribution in [3.63, 3.8) is 0 Å². The van der Waals surface area contributed by atoms with Crippen LogP contribution >= 0.6 is 11.6 Å². The van der Waals surface area contributed by atoms with E-state index in [1.807, 2.05) is 85.7 Å². The fraction of sp³-hybridized carbons (Fsp3) is 0.538. The lowest BCUT2D eigenvalue weighted by atomic mass is 10.1. The molecule has 376 valence electrons. The third-order valence-electron chi connectivity index (χ3n) is 11.8. The number of piperazine rings is 2. The Labute approximate surface area is 418 Å². The molecule has 0 radical (unpaired) electrons. The minimum Gasteiger partial charge on any atom is -0.491 e. The minimum atomic E-state index is -1.15. The molecule has 2 aliphatic heterocycles. The summed E-state index contributed by atoms with van der Waals surface area (Å²) in [5.74, 6) is 2.69. The normalized spacial score (nSPS) is 15.1. The van der Waals surface area contributed by atoms with Crippen molar-refractivity contribution >= 4 is 55.4 Å². The zero-order chi connectivity index (χ0) is 49.7. The quantitative estimate of drug-likeness (QED) is 0.0532. The van der Waals surface area contributed by atoms with Crippen molar-refractivity contribution in [1.82, 2.24) is 44.6 Å². The van der Waals surface area contributed by atoms with E-state index in [4.69, 9.17) is 45.7 Å². The van der Waals surface area contributed by atoms with E-state index in [2.05, 4.69) is 96.6 Å². The Morgan fingerprint density at radius 1 is 0.594 bits per heavy atom. The van der Waals surface area contributed by atoms with Crippen LogP contribution in [0.2, 0.25) is 56.5 Å². The maximum absolute atomic E-state index is 6.15. The largest absolute Gasteiger partial charge is 0.491 e. The third kappa shape index (κ3) is 16.9. The molecular weight excluding hydrogens is 920 g/mol. The van der Waals surface area contributed by atoms with Gasteiger partial charge in [0.15, 0.2) is 0 Å². The second-order valence-corrected chi connectivity index (χ2v) is 32.8. The lowest BCUT2D eigenvalue weighted by Gasteiger charge is -2.33. The van der Waals surface area contributed by atoms with Gasteiger partial charge >= 0.3 is 0 Å². The van der Waals surface area contributed by atoms with E-state index in [-0.39, 0.29) is 12.2 Å². The van der Waals surface area contributed by atoms with Crippen LogP contribution in [0.5, 0.6) is 11.5 Å². The van der Waals surface area contributed by atoms with Gasteiger partial charge < -0.3 is 39.0 Å². The highest BCUT2D eigenvalue weighted by molar-refractivity contribution is 6.76. The van der Waals surface area contributed by atoms with E-state index in [9.17, 15) is 0 Å². The summed E-state index contributed by atoms with van der Waals surface area (Å²) in [5, 5.41) is 15.5. The van der Waals surface area contributed by atoms with Crippen LogP contribution in [-0.2, 0) is 22.9 Å². The molecule has 0 amide bonds. The Balaban J connectivity index is 0.000000201. The van der Waals surface area contributed by atoms with Gasteiger partial charge in [-0.25, -0.2) is 19.3 Å². The van der Waals surface area contributed by atoms with E-state index in [0.29, 0.717) is 18.6 Å². The summed E-state index contributed by atoms with van der Waals surface area (Å²) in [6, 6.07) is 22.4. The maximum atomic E-state index is 6.15. The average Bonchev–Trinajstić information content (AvgIpc) is 3.84. The van der Waals surface area contributed by atoms with Gasteiger partial charge in [0.2, 0.25) is 0 Å². The van der Waals surface area contributed by atoms with Crippen LogP contribution in [-0.4, -0.2) is 147 Å². The van der Waals surface area contributed by atoms with Crippen LogP contribution in [0.25, 0.3) is 44.3 Å². The highest BCUT2D eigenvalue weighted by atomic mass is 35.5. The molecule has 1 N–H and O–H groups in total. The van der Waals surface area contributed by atoms with Crippen LogP contribution in [0.4, 0.5) is 5.82 Å². The van der Waals surface area contributed by atoms with Crippen molar-refractivity contribution in [2.24, 2.45) is 0 Å². The molecule has 0 bridgehead atoms. The van der Waals surface area contributed by atoms with Crippen LogP contribution in [0, 0.1) is 0 Å². The first-order chi connectivity index (χ1) is 32.8. The Kier molecular flexibility index (Phi) is 19.6. The smallest absolute Gasteiger partial charge is 0.140 e. The second-order valence-electron chi connectivity index (χ2n) is 21.2. The Morgan fingerprint density at radius 3 is 1.49 bits per heavy atom. The van der Waals surface area contributed by atoms with Crippen molar-refractivity contribution in [3.8, 4) is 34.0 Å². The number of anilines is 1. The van der Waals surface area contributed by atoms with Gasteiger partial charge in [0.05, 0.1) is 34.6 Å². The first-order valence-corrected chi connectivity index (χ1v) is 32.5. The second kappa shape index (κ2) is 25.1. The lowest BCUT2D eigenvalue weighted by molar-refractivity contribution is 0.0802. The Hall–Kier alpha value is -4.40. The topological polar surface area (TPSA) is 120 Å². The number of ether oxygens (including phenoxy) is 4. The summed E-state index contributed by atoms with van der Waals surface area (Å²) in [4.78, 5) is 15.8. The standard InChI is InChI=1S/C26H39N5O2Si.C21H28ClN3O2Si.C5H12N2/c1-20(2)33-22-7-8-24-23(18-22)26(31(28-24)19-32-15-16-34(4,5)6)21-9-10-27-25(17-21)30-13-11-29(3)12-14-30;1-15(2)27-17-6-7-19-18(13-17)21(16-8-9-23-20(22)12-16)25(24-19)14-26-10-11-28(3,4)5;1-7-4-2-6-3-5-7/h7-10,17-18,20H,11-16,19H2,1-6H3;6-9,12-13,15H,10-11,14H2,1-5H3;6H,2-5H2,1H3.